The maximum Gasteiger partial charge on any atom is 0.233 e. The molecule has 0 radical (unpaired) electrons. The molecule has 1 amide bonds. The normalized spacial score (nSPS) is 21.3. The topological polar surface area (TPSA) is 45.2 Å². The third kappa shape index (κ3) is 3.87. The fourth-order valence-corrected chi connectivity index (χ4v) is 3.34. The van der Waals surface area contributed by atoms with Crippen molar-refractivity contribution in [1.82, 2.24) is 15.2 Å². The Morgan fingerprint density at radius 2 is 2.05 bits per heavy atom. The lowest BCUT2D eigenvalue weighted by molar-refractivity contribution is -0.130. The van der Waals surface area contributed by atoms with Crippen LogP contribution in [0.3, 0.4) is 0 Å². The summed E-state index contributed by atoms with van der Waals surface area (Å²) in [4.78, 5) is 19.7. The number of nitrogens with zero attached hydrogens (tertiary/aromatic N) is 2. The van der Waals surface area contributed by atoms with Crippen LogP contribution in [0.25, 0.3) is 0 Å². The molecular weight excluding hydrogens is 294 g/mol. The second-order valence-corrected chi connectivity index (χ2v) is 6.20. The summed E-state index contributed by atoms with van der Waals surface area (Å²) in [6.45, 7) is 2.00. The molecule has 1 aromatic heterocycles. The zero-order valence-electron chi connectivity index (χ0n) is 11.3. The fraction of sp³-hybridized carbons (Fsp3) is 0.571. The van der Waals surface area contributed by atoms with E-state index in [0.717, 1.165) is 24.4 Å². The van der Waals surface area contributed by atoms with E-state index in [1.165, 1.54) is 12.8 Å². The molecule has 1 saturated carbocycles. The summed E-state index contributed by atoms with van der Waals surface area (Å²) in [7, 11) is 0. The van der Waals surface area contributed by atoms with E-state index in [1.54, 1.807) is 24.2 Å². The average molecular weight is 314 g/mol. The number of halogens is 1. The summed E-state index contributed by atoms with van der Waals surface area (Å²) in [5.74, 6) is 0.829. The minimum Gasteiger partial charge on any atom is -0.335 e. The summed E-state index contributed by atoms with van der Waals surface area (Å²) >= 11 is 1.61. The summed E-state index contributed by atoms with van der Waals surface area (Å²) in [6, 6.07) is 4.83. The number of pyridine rings is 1. The Morgan fingerprint density at radius 3 is 2.65 bits per heavy atom. The highest BCUT2D eigenvalue weighted by atomic mass is 35.5. The molecule has 1 saturated heterocycles. The van der Waals surface area contributed by atoms with Crippen LogP contribution in [-0.2, 0) is 4.79 Å². The quantitative estimate of drug-likeness (QED) is 0.844. The predicted molar refractivity (Wildman–Crippen MR) is 83.4 cm³/mol. The highest BCUT2D eigenvalue weighted by molar-refractivity contribution is 8.00. The van der Waals surface area contributed by atoms with Gasteiger partial charge in [-0.3, -0.25) is 9.78 Å². The lowest BCUT2D eigenvalue weighted by atomic mass is 10.2. The number of amides is 1. The molecule has 0 bridgehead atoms. The fourth-order valence-electron chi connectivity index (χ4n) is 2.59. The number of thioether (sulfide) groups is 1. The lowest BCUT2D eigenvalue weighted by Gasteiger charge is -2.28. The van der Waals surface area contributed by atoms with Crippen molar-refractivity contribution >= 4 is 30.1 Å². The van der Waals surface area contributed by atoms with Crippen molar-refractivity contribution in [2.24, 2.45) is 0 Å². The van der Waals surface area contributed by atoms with Crippen LogP contribution in [0.5, 0.6) is 0 Å². The molecule has 110 valence electrons. The Bertz CT molecular complexity index is 435. The first-order valence-corrected chi connectivity index (χ1v) is 7.88. The summed E-state index contributed by atoms with van der Waals surface area (Å²) in [5.41, 5.74) is 0. The molecule has 1 N–H and O–H groups in total. The number of hydrogen-bond acceptors (Lipinski definition) is 4. The molecule has 1 atom stereocenters. The largest absolute Gasteiger partial charge is 0.335 e. The molecule has 6 heteroatoms. The maximum absolute atomic E-state index is 12.4. The molecule has 1 aromatic rings. The second-order valence-electron chi connectivity index (χ2n) is 5.15. The van der Waals surface area contributed by atoms with E-state index in [9.17, 15) is 4.79 Å². The number of nitrogens with one attached hydrogen (secondary N) is 1. The predicted octanol–water partition coefficient (Wildman–Crippen LogP) is 1.95. The smallest absolute Gasteiger partial charge is 0.233 e. The van der Waals surface area contributed by atoms with Crippen LogP contribution >= 0.6 is 24.2 Å². The monoisotopic (exact) mass is 313 g/mol. The molecule has 3 rings (SSSR count). The van der Waals surface area contributed by atoms with Crippen LogP contribution in [0.15, 0.2) is 29.4 Å². The van der Waals surface area contributed by atoms with Crippen LogP contribution in [-0.4, -0.2) is 46.7 Å². The van der Waals surface area contributed by atoms with Crippen molar-refractivity contribution in [2.45, 2.75) is 36.2 Å². The molecule has 20 heavy (non-hydrogen) atoms. The van der Waals surface area contributed by atoms with E-state index in [1.807, 2.05) is 12.1 Å². The van der Waals surface area contributed by atoms with Crippen LogP contribution in [0, 0.1) is 0 Å². The Hall–Kier alpha value is -0.780. The minimum atomic E-state index is 0. The maximum atomic E-state index is 12.4. The van der Waals surface area contributed by atoms with E-state index in [0.29, 0.717) is 17.8 Å². The summed E-state index contributed by atoms with van der Waals surface area (Å²) in [6.07, 6.45) is 7.01. The highest BCUT2D eigenvalue weighted by Gasteiger charge is 2.37. The van der Waals surface area contributed by atoms with Gasteiger partial charge >= 0.3 is 0 Å². The van der Waals surface area contributed by atoms with E-state index in [2.05, 4.69) is 15.2 Å². The van der Waals surface area contributed by atoms with E-state index in [-0.39, 0.29) is 18.3 Å². The first-order valence-electron chi connectivity index (χ1n) is 6.89. The SMILES string of the molecule is Cl.O=C(CSc1ccncc1)N(C1CC1)C1CCNC1. The number of rotatable bonds is 5. The molecule has 0 aromatic carbocycles. The van der Waals surface area contributed by atoms with Gasteiger partial charge in [0.1, 0.15) is 0 Å². The van der Waals surface area contributed by atoms with Gasteiger partial charge in [0.2, 0.25) is 5.91 Å². The third-order valence-corrected chi connectivity index (χ3v) is 4.66. The molecule has 4 nitrogen and oxygen atoms in total. The van der Waals surface area contributed by atoms with Crippen molar-refractivity contribution in [2.75, 3.05) is 18.8 Å². The number of aromatic nitrogens is 1. The molecule has 1 unspecified atom stereocenters. The number of hydrogen-bond donors (Lipinski definition) is 1. The Labute approximate surface area is 130 Å². The van der Waals surface area contributed by atoms with Crippen LogP contribution in [0.4, 0.5) is 0 Å². The van der Waals surface area contributed by atoms with E-state index >= 15 is 0 Å². The van der Waals surface area contributed by atoms with Gasteiger partial charge in [-0.25, -0.2) is 0 Å². The van der Waals surface area contributed by atoms with Gasteiger partial charge in [0, 0.05) is 35.9 Å². The van der Waals surface area contributed by atoms with Gasteiger partial charge in [-0.2, -0.15) is 0 Å². The number of carbonyl (C=O) groups is 1. The molecule has 1 aliphatic carbocycles. The summed E-state index contributed by atoms with van der Waals surface area (Å²) < 4.78 is 0. The molecule has 1 aliphatic heterocycles. The van der Waals surface area contributed by atoms with Crippen LogP contribution in [0.2, 0.25) is 0 Å². The van der Waals surface area contributed by atoms with Gasteiger partial charge in [-0.05, 0) is 37.9 Å². The second kappa shape index (κ2) is 7.29. The van der Waals surface area contributed by atoms with Crippen molar-refractivity contribution < 1.29 is 4.79 Å². The van der Waals surface area contributed by atoms with E-state index in [4.69, 9.17) is 0 Å². The van der Waals surface area contributed by atoms with Crippen LogP contribution < -0.4 is 5.32 Å². The molecule has 2 aliphatic rings. The zero-order chi connectivity index (χ0) is 13.1. The standard InChI is InChI=1S/C14H19N3OS.ClH/c18-14(10-19-13-4-7-15-8-5-13)17(11-1-2-11)12-3-6-16-9-12;/h4-5,7-8,11-12,16H,1-3,6,9-10H2;1H. The van der Waals surface area contributed by atoms with Gasteiger partial charge in [-0.1, -0.05) is 0 Å². The van der Waals surface area contributed by atoms with Crippen molar-refractivity contribution in [3.8, 4) is 0 Å². The summed E-state index contributed by atoms with van der Waals surface area (Å²) in [5, 5.41) is 3.36. The molecular formula is C14H20ClN3OS. The van der Waals surface area contributed by atoms with Gasteiger partial charge in [-0.15, -0.1) is 24.2 Å². The van der Waals surface area contributed by atoms with Gasteiger partial charge in [0.15, 0.2) is 0 Å². The first kappa shape index (κ1) is 15.6. The van der Waals surface area contributed by atoms with Gasteiger partial charge in [0.05, 0.1) is 5.75 Å². The molecule has 2 heterocycles. The van der Waals surface area contributed by atoms with Crippen molar-refractivity contribution in [3.63, 3.8) is 0 Å². The first-order chi connectivity index (χ1) is 9.34. The molecule has 2 fully saturated rings. The van der Waals surface area contributed by atoms with Crippen LogP contribution in [0.1, 0.15) is 19.3 Å². The zero-order valence-corrected chi connectivity index (χ0v) is 13.0. The van der Waals surface area contributed by atoms with E-state index < -0.39 is 0 Å². The Balaban J connectivity index is 0.00000147. The van der Waals surface area contributed by atoms with Crippen molar-refractivity contribution in [1.29, 1.82) is 0 Å². The number of carbonyl (C=O) groups excluding carboxylic acids is 1. The Kier molecular flexibility index (Phi) is 5.69. The average Bonchev–Trinajstić information content (AvgIpc) is 3.12. The van der Waals surface area contributed by atoms with Gasteiger partial charge in [0.25, 0.3) is 0 Å². The lowest BCUT2D eigenvalue weighted by Crippen LogP contribution is -2.44. The van der Waals surface area contributed by atoms with Crippen molar-refractivity contribution in [3.05, 3.63) is 24.5 Å². The minimum absolute atomic E-state index is 0. The highest BCUT2D eigenvalue weighted by Crippen LogP contribution is 2.31. The Morgan fingerprint density at radius 1 is 1.30 bits per heavy atom. The van der Waals surface area contributed by atoms with Gasteiger partial charge < -0.3 is 10.2 Å². The third-order valence-electron chi connectivity index (χ3n) is 3.67. The molecule has 0 spiro atoms.